The molecule has 1 saturated carbocycles. The number of nitrogens with one attached hydrogen (secondary N) is 1. The van der Waals surface area contributed by atoms with Gasteiger partial charge in [-0.25, -0.2) is 10.8 Å². The van der Waals surface area contributed by atoms with Gasteiger partial charge in [-0.2, -0.15) is 4.98 Å². The molecule has 5 nitrogen and oxygen atoms in total. The average Bonchev–Trinajstić information content (AvgIpc) is 2.43. The van der Waals surface area contributed by atoms with E-state index in [0.29, 0.717) is 11.7 Å². The molecular formula is C15H26N4O. The molecule has 0 aromatic carbocycles. The summed E-state index contributed by atoms with van der Waals surface area (Å²) in [5.74, 6) is 8.70. The van der Waals surface area contributed by atoms with E-state index in [0.717, 1.165) is 30.1 Å². The van der Waals surface area contributed by atoms with Crippen LogP contribution in [0, 0.1) is 12.8 Å². The molecule has 0 radical (unpaired) electrons. The van der Waals surface area contributed by atoms with Crippen molar-refractivity contribution < 1.29 is 4.74 Å². The smallest absolute Gasteiger partial charge is 0.222 e. The summed E-state index contributed by atoms with van der Waals surface area (Å²) >= 11 is 0. The van der Waals surface area contributed by atoms with Crippen molar-refractivity contribution in [2.45, 2.75) is 65.4 Å². The van der Waals surface area contributed by atoms with Crippen molar-refractivity contribution in [3.05, 3.63) is 11.4 Å². The van der Waals surface area contributed by atoms with E-state index in [1.54, 1.807) is 0 Å². The molecule has 1 aromatic heterocycles. The van der Waals surface area contributed by atoms with Gasteiger partial charge in [-0.05, 0) is 38.5 Å². The average molecular weight is 278 g/mol. The fraction of sp³-hybridized carbons (Fsp3) is 0.733. The van der Waals surface area contributed by atoms with Gasteiger partial charge in [0.25, 0.3) is 0 Å². The fourth-order valence-corrected chi connectivity index (χ4v) is 2.53. The zero-order chi connectivity index (χ0) is 14.7. The third kappa shape index (κ3) is 3.39. The molecule has 0 saturated heterocycles. The molecule has 1 aliphatic carbocycles. The Kier molecular flexibility index (Phi) is 4.81. The number of hydrogen-bond donors (Lipinski definition) is 2. The molecule has 0 amide bonds. The van der Waals surface area contributed by atoms with Crippen LogP contribution in [-0.4, -0.2) is 16.1 Å². The minimum atomic E-state index is 0.247. The van der Waals surface area contributed by atoms with Crippen molar-refractivity contribution in [2.24, 2.45) is 11.8 Å². The zero-order valence-corrected chi connectivity index (χ0v) is 12.9. The Bertz CT molecular complexity index is 453. The molecule has 0 bridgehead atoms. The van der Waals surface area contributed by atoms with Gasteiger partial charge < -0.3 is 10.2 Å². The maximum absolute atomic E-state index is 6.12. The monoisotopic (exact) mass is 278 g/mol. The lowest BCUT2D eigenvalue weighted by Gasteiger charge is -2.27. The lowest BCUT2D eigenvalue weighted by molar-refractivity contribution is 0.128. The Hall–Kier alpha value is -1.36. The van der Waals surface area contributed by atoms with Crippen LogP contribution in [0.3, 0.4) is 0 Å². The fourth-order valence-electron chi connectivity index (χ4n) is 2.53. The van der Waals surface area contributed by atoms with E-state index >= 15 is 0 Å². The van der Waals surface area contributed by atoms with Crippen molar-refractivity contribution in [3.63, 3.8) is 0 Å². The second kappa shape index (κ2) is 6.39. The number of nitrogens with two attached hydrogens (primary N) is 1. The molecular weight excluding hydrogens is 252 g/mol. The Balaban J connectivity index is 2.19. The first-order valence-corrected chi connectivity index (χ1v) is 7.53. The van der Waals surface area contributed by atoms with Gasteiger partial charge in [-0.3, -0.25) is 0 Å². The highest BCUT2D eigenvalue weighted by Crippen LogP contribution is 2.30. The predicted molar refractivity (Wildman–Crippen MR) is 80.7 cm³/mol. The quantitative estimate of drug-likeness (QED) is 0.654. The van der Waals surface area contributed by atoms with Crippen molar-refractivity contribution in [1.82, 2.24) is 9.97 Å². The summed E-state index contributed by atoms with van der Waals surface area (Å²) in [7, 11) is 0. The molecule has 3 N–H and O–H groups in total. The molecule has 1 fully saturated rings. The van der Waals surface area contributed by atoms with Gasteiger partial charge in [-0.15, -0.1) is 0 Å². The summed E-state index contributed by atoms with van der Waals surface area (Å²) in [6.07, 6.45) is 4.94. The molecule has 0 spiro atoms. The van der Waals surface area contributed by atoms with Gasteiger partial charge >= 0.3 is 0 Å². The maximum Gasteiger partial charge on any atom is 0.222 e. The molecule has 0 atom stereocenters. The molecule has 1 heterocycles. The van der Waals surface area contributed by atoms with E-state index in [2.05, 4.69) is 36.2 Å². The lowest BCUT2D eigenvalue weighted by Crippen LogP contribution is -2.24. The van der Waals surface area contributed by atoms with Crippen LogP contribution < -0.4 is 16.0 Å². The third-order valence-corrected chi connectivity index (χ3v) is 4.01. The van der Waals surface area contributed by atoms with Crippen LogP contribution in [0.5, 0.6) is 5.88 Å². The predicted octanol–water partition coefficient (Wildman–Crippen LogP) is 3.15. The minimum absolute atomic E-state index is 0.247. The largest absolute Gasteiger partial charge is 0.474 e. The van der Waals surface area contributed by atoms with Crippen molar-refractivity contribution >= 4 is 5.82 Å². The van der Waals surface area contributed by atoms with Crippen LogP contribution in [0.15, 0.2) is 0 Å². The molecule has 0 unspecified atom stereocenters. The van der Waals surface area contributed by atoms with E-state index < -0.39 is 0 Å². The number of hydrazine groups is 1. The van der Waals surface area contributed by atoms with E-state index in [4.69, 9.17) is 10.6 Å². The Morgan fingerprint density at radius 1 is 1.20 bits per heavy atom. The van der Waals surface area contributed by atoms with E-state index in [9.17, 15) is 0 Å². The zero-order valence-electron chi connectivity index (χ0n) is 12.9. The van der Waals surface area contributed by atoms with Gasteiger partial charge in [0.2, 0.25) is 5.88 Å². The summed E-state index contributed by atoms with van der Waals surface area (Å²) in [6, 6.07) is 0. The number of nitrogen functional groups attached to an aromatic ring is 1. The second-order valence-electron chi connectivity index (χ2n) is 6.16. The number of aromatic nitrogens is 2. The first kappa shape index (κ1) is 15.0. The molecule has 1 aromatic rings. The summed E-state index contributed by atoms with van der Waals surface area (Å²) in [4.78, 5) is 8.99. The van der Waals surface area contributed by atoms with E-state index in [1.165, 1.54) is 12.8 Å². The molecule has 1 aliphatic rings. The first-order valence-electron chi connectivity index (χ1n) is 7.53. The van der Waals surface area contributed by atoms with Crippen molar-refractivity contribution in [1.29, 1.82) is 0 Å². The van der Waals surface area contributed by atoms with Crippen molar-refractivity contribution in [2.75, 3.05) is 5.43 Å². The van der Waals surface area contributed by atoms with Crippen LogP contribution in [0.4, 0.5) is 5.82 Å². The van der Waals surface area contributed by atoms with E-state index in [-0.39, 0.29) is 12.0 Å². The summed E-state index contributed by atoms with van der Waals surface area (Å²) in [5, 5.41) is 0. The van der Waals surface area contributed by atoms with Gasteiger partial charge in [0.15, 0.2) is 0 Å². The Morgan fingerprint density at radius 3 is 2.40 bits per heavy atom. The van der Waals surface area contributed by atoms with Gasteiger partial charge in [0, 0.05) is 5.92 Å². The number of anilines is 1. The highest BCUT2D eigenvalue weighted by Gasteiger charge is 2.22. The molecule has 2 rings (SSSR count). The maximum atomic E-state index is 6.12. The van der Waals surface area contributed by atoms with Gasteiger partial charge in [0.1, 0.15) is 17.7 Å². The summed E-state index contributed by atoms with van der Waals surface area (Å²) < 4.78 is 6.12. The first-order chi connectivity index (χ1) is 9.51. The van der Waals surface area contributed by atoms with Crippen LogP contribution in [0.1, 0.15) is 63.8 Å². The lowest BCUT2D eigenvalue weighted by atomic mass is 9.89. The molecule has 5 heteroatoms. The number of ether oxygens (including phenoxy) is 1. The van der Waals surface area contributed by atoms with Crippen LogP contribution in [0.25, 0.3) is 0 Å². The topological polar surface area (TPSA) is 73.1 Å². The number of nitrogens with zero attached hydrogens (tertiary/aromatic N) is 2. The molecule has 20 heavy (non-hydrogen) atoms. The third-order valence-electron chi connectivity index (χ3n) is 4.01. The Labute approximate surface area is 121 Å². The molecule has 0 aliphatic heterocycles. The van der Waals surface area contributed by atoms with E-state index in [1.807, 2.05) is 6.92 Å². The van der Waals surface area contributed by atoms with Gasteiger partial charge in [0.05, 0.1) is 5.56 Å². The molecule has 112 valence electrons. The number of rotatable bonds is 4. The van der Waals surface area contributed by atoms with Crippen LogP contribution in [-0.2, 0) is 0 Å². The minimum Gasteiger partial charge on any atom is -0.474 e. The standard InChI is InChI=1S/C15H26N4O/c1-9(2)13-17-14(19-16)11(4)15(18-13)20-12-7-5-10(3)6-8-12/h9-10,12H,5-8,16H2,1-4H3,(H,17,18,19). The number of hydrogen-bond acceptors (Lipinski definition) is 5. The second-order valence-corrected chi connectivity index (χ2v) is 6.16. The van der Waals surface area contributed by atoms with Crippen molar-refractivity contribution in [3.8, 4) is 5.88 Å². The highest BCUT2D eigenvalue weighted by atomic mass is 16.5. The highest BCUT2D eigenvalue weighted by molar-refractivity contribution is 5.47. The van der Waals surface area contributed by atoms with Crippen LogP contribution >= 0.6 is 0 Å². The SMILES string of the molecule is Cc1c(NN)nc(C(C)C)nc1OC1CCC(C)CC1. The summed E-state index contributed by atoms with van der Waals surface area (Å²) in [5.41, 5.74) is 3.53. The van der Waals surface area contributed by atoms with Gasteiger partial charge in [-0.1, -0.05) is 20.8 Å². The normalized spacial score (nSPS) is 22.9. The van der Waals surface area contributed by atoms with Crippen LogP contribution in [0.2, 0.25) is 0 Å². The Morgan fingerprint density at radius 2 is 1.85 bits per heavy atom. The summed E-state index contributed by atoms with van der Waals surface area (Å²) in [6.45, 7) is 8.38.